The Kier molecular flexibility index (Phi) is 2.65. The van der Waals surface area contributed by atoms with Gasteiger partial charge in [-0.15, -0.1) is 0 Å². The molecule has 1 rings (SSSR count). The Balaban J connectivity index is 2.36. The van der Waals surface area contributed by atoms with Crippen LogP contribution in [0.2, 0.25) is 0 Å². The highest BCUT2D eigenvalue weighted by Crippen LogP contribution is 2.18. The second-order valence-electron chi connectivity index (χ2n) is 3.01. The normalized spacial score (nSPS) is 41.7. The molecule has 0 spiro atoms. The third kappa shape index (κ3) is 1.68. The van der Waals surface area contributed by atoms with E-state index in [4.69, 9.17) is 16.2 Å². The van der Waals surface area contributed by atoms with E-state index >= 15 is 0 Å². The third-order valence-corrected chi connectivity index (χ3v) is 2.18. The first-order valence-electron chi connectivity index (χ1n) is 3.78. The minimum absolute atomic E-state index is 0.147. The van der Waals surface area contributed by atoms with Gasteiger partial charge in [-0.05, 0) is 19.3 Å². The first kappa shape index (κ1) is 7.98. The predicted octanol–water partition coefficient (Wildman–Crippen LogP) is -0.160. The lowest BCUT2D eigenvalue weighted by atomic mass is 9.90. The lowest BCUT2D eigenvalue weighted by Gasteiger charge is -2.30. The zero-order valence-corrected chi connectivity index (χ0v) is 6.42. The van der Waals surface area contributed by atoms with Crippen LogP contribution in [-0.4, -0.2) is 25.3 Å². The second kappa shape index (κ2) is 3.32. The highest BCUT2D eigenvalue weighted by atomic mass is 16.5. The van der Waals surface area contributed by atoms with Crippen LogP contribution in [0, 0.1) is 0 Å². The fourth-order valence-corrected chi connectivity index (χ4v) is 1.50. The van der Waals surface area contributed by atoms with E-state index in [1.165, 1.54) is 0 Å². The molecule has 0 amide bonds. The molecule has 0 radical (unpaired) electrons. The van der Waals surface area contributed by atoms with Crippen LogP contribution < -0.4 is 11.5 Å². The number of nitrogens with two attached hydrogens (primary N) is 2. The molecule has 0 unspecified atom stereocenters. The van der Waals surface area contributed by atoms with Crippen LogP contribution in [0.15, 0.2) is 0 Å². The molecule has 1 aliphatic rings. The van der Waals surface area contributed by atoms with Gasteiger partial charge in [0, 0.05) is 19.2 Å². The first-order chi connectivity index (χ1) is 4.74. The summed E-state index contributed by atoms with van der Waals surface area (Å²) in [6.07, 6.45) is 3.20. The van der Waals surface area contributed by atoms with Gasteiger partial charge in [-0.25, -0.2) is 0 Å². The number of methoxy groups -OCH3 is 1. The van der Waals surface area contributed by atoms with Crippen molar-refractivity contribution in [3.63, 3.8) is 0 Å². The number of hydrogen-bond acceptors (Lipinski definition) is 3. The summed E-state index contributed by atoms with van der Waals surface area (Å²) in [5, 5.41) is 0. The van der Waals surface area contributed by atoms with E-state index in [1.807, 2.05) is 0 Å². The van der Waals surface area contributed by atoms with E-state index in [0.29, 0.717) is 6.04 Å². The topological polar surface area (TPSA) is 61.3 Å². The summed E-state index contributed by atoms with van der Waals surface area (Å²) in [6, 6.07) is 0.440. The molecular weight excluding hydrogens is 128 g/mol. The quantitative estimate of drug-likeness (QED) is 0.537. The maximum atomic E-state index is 5.77. The summed E-state index contributed by atoms with van der Waals surface area (Å²) in [5.41, 5.74) is 11.5. The van der Waals surface area contributed by atoms with Crippen molar-refractivity contribution in [2.75, 3.05) is 7.11 Å². The van der Waals surface area contributed by atoms with Crippen molar-refractivity contribution < 1.29 is 4.74 Å². The van der Waals surface area contributed by atoms with Crippen LogP contribution >= 0.6 is 0 Å². The summed E-state index contributed by atoms with van der Waals surface area (Å²) < 4.78 is 5.17. The van der Waals surface area contributed by atoms with E-state index in [1.54, 1.807) is 7.11 Å². The van der Waals surface area contributed by atoms with E-state index in [9.17, 15) is 0 Å². The van der Waals surface area contributed by atoms with Crippen molar-refractivity contribution in [1.82, 2.24) is 0 Å². The molecule has 0 saturated heterocycles. The monoisotopic (exact) mass is 144 g/mol. The van der Waals surface area contributed by atoms with Crippen LogP contribution in [0.3, 0.4) is 0 Å². The molecule has 0 aromatic rings. The predicted molar refractivity (Wildman–Crippen MR) is 40.6 cm³/mol. The highest BCUT2D eigenvalue weighted by molar-refractivity contribution is 4.84. The third-order valence-electron chi connectivity index (χ3n) is 2.18. The van der Waals surface area contributed by atoms with Gasteiger partial charge >= 0.3 is 0 Å². The summed E-state index contributed by atoms with van der Waals surface area (Å²) in [7, 11) is 1.71. The van der Waals surface area contributed by atoms with E-state index in [0.717, 1.165) is 19.3 Å². The maximum absolute atomic E-state index is 5.77. The lowest BCUT2D eigenvalue weighted by molar-refractivity contribution is 0.0498. The summed E-state index contributed by atoms with van der Waals surface area (Å²) >= 11 is 0. The molecule has 3 atom stereocenters. The van der Waals surface area contributed by atoms with E-state index in [2.05, 4.69) is 0 Å². The highest BCUT2D eigenvalue weighted by Gasteiger charge is 2.25. The first-order valence-corrected chi connectivity index (χ1v) is 3.78. The van der Waals surface area contributed by atoms with Gasteiger partial charge in [0.25, 0.3) is 0 Å². The summed E-state index contributed by atoms with van der Waals surface area (Å²) in [6.45, 7) is 0. The van der Waals surface area contributed by atoms with Crippen molar-refractivity contribution in [2.24, 2.45) is 11.5 Å². The fraction of sp³-hybridized carbons (Fsp3) is 1.00. The van der Waals surface area contributed by atoms with E-state index in [-0.39, 0.29) is 12.1 Å². The largest absolute Gasteiger partial charge is 0.380 e. The molecule has 1 fully saturated rings. The summed E-state index contributed by atoms with van der Waals surface area (Å²) in [5.74, 6) is 0. The molecule has 1 aliphatic carbocycles. The Morgan fingerprint density at radius 2 is 2.00 bits per heavy atom. The van der Waals surface area contributed by atoms with Crippen LogP contribution in [0.25, 0.3) is 0 Å². The number of rotatable bonds is 1. The van der Waals surface area contributed by atoms with Gasteiger partial charge < -0.3 is 16.2 Å². The van der Waals surface area contributed by atoms with Crippen LogP contribution in [0.4, 0.5) is 0 Å². The molecule has 60 valence electrons. The van der Waals surface area contributed by atoms with Crippen LogP contribution in [0.1, 0.15) is 19.3 Å². The minimum Gasteiger partial charge on any atom is -0.380 e. The Bertz CT molecular complexity index is 108. The zero-order valence-electron chi connectivity index (χ0n) is 6.42. The van der Waals surface area contributed by atoms with Gasteiger partial charge in [0.05, 0.1) is 6.10 Å². The van der Waals surface area contributed by atoms with Crippen molar-refractivity contribution in [3.8, 4) is 0 Å². The van der Waals surface area contributed by atoms with Gasteiger partial charge in [0.1, 0.15) is 0 Å². The number of ether oxygens (including phenoxy) is 1. The number of hydrogen-bond donors (Lipinski definition) is 2. The molecule has 0 aromatic carbocycles. The Hall–Kier alpha value is -0.120. The van der Waals surface area contributed by atoms with Gasteiger partial charge in [-0.3, -0.25) is 0 Å². The minimum atomic E-state index is 0.147. The van der Waals surface area contributed by atoms with E-state index < -0.39 is 0 Å². The molecule has 3 heteroatoms. The van der Waals surface area contributed by atoms with Gasteiger partial charge in [0.15, 0.2) is 0 Å². The molecule has 0 bridgehead atoms. The smallest absolute Gasteiger partial charge is 0.0723 e. The SMILES string of the molecule is CO[C@@H]1CC[C@H](N)C[C@H]1N. The fourth-order valence-electron chi connectivity index (χ4n) is 1.50. The van der Waals surface area contributed by atoms with Gasteiger partial charge in [0.2, 0.25) is 0 Å². The molecule has 0 aliphatic heterocycles. The molecule has 0 heterocycles. The van der Waals surface area contributed by atoms with Crippen molar-refractivity contribution in [2.45, 2.75) is 37.5 Å². The van der Waals surface area contributed by atoms with Gasteiger partial charge in [-0.2, -0.15) is 0 Å². The van der Waals surface area contributed by atoms with Gasteiger partial charge in [-0.1, -0.05) is 0 Å². The molecule has 1 saturated carbocycles. The van der Waals surface area contributed by atoms with Crippen molar-refractivity contribution in [3.05, 3.63) is 0 Å². The Labute approximate surface area is 61.7 Å². The lowest BCUT2D eigenvalue weighted by Crippen LogP contribution is -2.45. The maximum Gasteiger partial charge on any atom is 0.0723 e. The molecule has 10 heavy (non-hydrogen) atoms. The van der Waals surface area contributed by atoms with Crippen LogP contribution in [0.5, 0.6) is 0 Å². The Morgan fingerprint density at radius 1 is 1.30 bits per heavy atom. The molecule has 0 aromatic heterocycles. The van der Waals surface area contributed by atoms with Crippen molar-refractivity contribution in [1.29, 1.82) is 0 Å². The summed E-state index contributed by atoms with van der Waals surface area (Å²) in [4.78, 5) is 0. The molecule has 3 nitrogen and oxygen atoms in total. The Morgan fingerprint density at radius 3 is 2.50 bits per heavy atom. The molecular formula is C7H16N2O. The van der Waals surface area contributed by atoms with Crippen LogP contribution in [-0.2, 0) is 4.74 Å². The second-order valence-corrected chi connectivity index (χ2v) is 3.01. The standard InChI is InChI=1S/C7H16N2O/c1-10-7-3-2-5(8)4-6(7)9/h5-7H,2-4,8-9H2,1H3/t5-,6+,7+/m0/s1. The average molecular weight is 144 g/mol. The van der Waals surface area contributed by atoms with Crippen molar-refractivity contribution >= 4 is 0 Å². The molecule has 4 N–H and O–H groups in total. The average Bonchev–Trinajstić information content (AvgIpc) is 1.88. The zero-order chi connectivity index (χ0) is 7.56.